The van der Waals surface area contributed by atoms with Crippen LogP contribution in [0.15, 0.2) is 0 Å². The molecule has 0 aromatic carbocycles. The van der Waals surface area contributed by atoms with E-state index in [1.165, 1.54) is 6.92 Å². The first kappa shape index (κ1) is 13.7. The number of thiazole rings is 1. The van der Waals surface area contributed by atoms with Crippen molar-refractivity contribution >= 4 is 28.2 Å². The second-order valence-electron chi connectivity index (χ2n) is 3.81. The number of hydrogen-bond acceptors (Lipinski definition) is 7. The Balaban J connectivity index is 2.86. The maximum absolute atomic E-state index is 11.9. The van der Waals surface area contributed by atoms with Crippen molar-refractivity contribution in [3.8, 4) is 0 Å². The molecule has 6 N–H and O–H groups in total. The molecule has 17 heavy (non-hydrogen) atoms. The monoisotopic (exact) mass is 260 g/mol. The molecule has 0 saturated heterocycles. The lowest BCUT2D eigenvalue weighted by Crippen LogP contribution is -2.51. The van der Waals surface area contributed by atoms with E-state index in [2.05, 4.69) is 15.6 Å². The summed E-state index contributed by atoms with van der Waals surface area (Å²) in [6.07, 6.45) is 0. The Morgan fingerprint density at radius 1 is 1.53 bits per heavy atom. The molecule has 1 amide bonds. The first-order valence-corrected chi connectivity index (χ1v) is 5.75. The Labute approximate surface area is 103 Å². The van der Waals surface area contributed by atoms with Gasteiger partial charge < -0.3 is 26.6 Å². The molecule has 1 rings (SSSR count). The van der Waals surface area contributed by atoms with E-state index in [1.54, 1.807) is 7.05 Å². The standard InChI is InChI=1S/C9H16N4O3S/c1-9(3-14,4-15)13-7(16)5-6(10)12-8(11-2)17-5/h14-15H,3-4,10H2,1-2H3,(H,11,12)(H,13,16). The lowest BCUT2D eigenvalue weighted by molar-refractivity contribution is 0.0728. The van der Waals surface area contributed by atoms with Crippen LogP contribution in [0.3, 0.4) is 0 Å². The Hall–Kier alpha value is -1.38. The van der Waals surface area contributed by atoms with Crippen LogP contribution in [0.1, 0.15) is 16.6 Å². The summed E-state index contributed by atoms with van der Waals surface area (Å²) >= 11 is 1.11. The number of nitrogens with two attached hydrogens (primary N) is 1. The van der Waals surface area contributed by atoms with Gasteiger partial charge in [0, 0.05) is 7.05 Å². The molecule has 1 aromatic heterocycles. The first-order valence-electron chi connectivity index (χ1n) is 4.94. The minimum absolute atomic E-state index is 0.120. The summed E-state index contributed by atoms with van der Waals surface area (Å²) < 4.78 is 0. The van der Waals surface area contributed by atoms with Crippen LogP contribution < -0.4 is 16.4 Å². The highest BCUT2D eigenvalue weighted by atomic mass is 32.1. The third kappa shape index (κ3) is 3.05. The molecular formula is C9H16N4O3S. The van der Waals surface area contributed by atoms with E-state index < -0.39 is 11.4 Å². The maximum Gasteiger partial charge on any atom is 0.265 e. The molecule has 0 aliphatic rings. The van der Waals surface area contributed by atoms with Crippen LogP contribution in [0.2, 0.25) is 0 Å². The molecule has 0 unspecified atom stereocenters. The summed E-state index contributed by atoms with van der Waals surface area (Å²) in [5, 5.41) is 24.0. The number of amides is 1. The van der Waals surface area contributed by atoms with Crippen molar-refractivity contribution < 1.29 is 15.0 Å². The summed E-state index contributed by atoms with van der Waals surface area (Å²) in [7, 11) is 1.67. The Morgan fingerprint density at radius 2 is 2.12 bits per heavy atom. The van der Waals surface area contributed by atoms with Crippen LogP contribution in [0.4, 0.5) is 10.9 Å². The molecule has 7 nitrogen and oxygen atoms in total. The third-order valence-electron chi connectivity index (χ3n) is 2.19. The first-order chi connectivity index (χ1) is 7.95. The van der Waals surface area contributed by atoms with Gasteiger partial charge in [-0.15, -0.1) is 0 Å². The van der Waals surface area contributed by atoms with Crippen molar-refractivity contribution in [1.82, 2.24) is 10.3 Å². The number of aromatic nitrogens is 1. The fourth-order valence-corrected chi connectivity index (χ4v) is 1.79. The van der Waals surface area contributed by atoms with E-state index in [4.69, 9.17) is 15.9 Å². The van der Waals surface area contributed by atoms with E-state index in [0.717, 1.165) is 11.3 Å². The van der Waals surface area contributed by atoms with E-state index >= 15 is 0 Å². The number of aliphatic hydroxyl groups is 2. The van der Waals surface area contributed by atoms with Gasteiger partial charge in [0.05, 0.1) is 18.8 Å². The average molecular weight is 260 g/mol. The molecule has 0 atom stereocenters. The Morgan fingerprint density at radius 3 is 2.53 bits per heavy atom. The van der Waals surface area contributed by atoms with Gasteiger partial charge >= 0.3 is 0 Å². The number of nitrogens with zero attached hydrogens (tertiary/aromatic N) is 1. The largest absolute Gasteiger partial charge is 0.394 e. The molecule has 0 saturated carbocycles. The predicted molar refractivity (Wildman–Crippen MR) is 66.1 cm³/mol. The summed E-state index contributed by atoms with van der Waals surface area (Å²) in [5.74, 6) is -0.345. The van der Waals surface area contributed by atoms with Gasteiger partial charge in [-0.2, -0.15) is 0 Å². The van der Waals surface area contributed by atoms with Crippen LogP contribution in [-0.4, -0.2) is 46.9 Å². The van der Waals surface area contributed by atoms with Gasteiger partial charge in [-0.25, -0.2) is 4.98 Å². The average Bonchev–Trinajstić information content (AvgIpc) is 2.70. The Kier molecular flexibility index (Phi) is 4.27. The van der Waals surface area contributed by atoms with Crippen LogP contribution in [0.25, 0.3) is 0 Å². The van der Waals surface area contributed by atoms with Gasteiger partial charge in [-0.1, -0.05) is 11.3 Å². The van der Waals surface area contributed by atoms with Gasteiger partial charge in [0.1, 0.15) is 10.7 Å². The lowest BCUT2D eigenvalue weighted by atomic mass is 10.1. The minimum atomic E-state index is -1.08. The molecule has 1 heterocycles. The van der Waals surface area contributed by atoms with Crippen LogP contribution in [-0.2, 0) is 0 Å². The second-order valence-corrected chi connectivity index (χ2v) is 4.81. The van der Waals surface area contributed by atoms with Crippen LogP contribution in [0, 0.1) is 0 Å². The highest BCUT2D eigenvalue weighted by Gasteiger charge is 2.27. The highest BCUT2D eigenvalue weighted by molar-refractivity contribution is 7.18. The van der Waals surface area contributed by atoms with Gasteiger partial charge in [0.25, 0.3) is 5.91 Å². The van der Waals surface area contributed by atoms with Gasteiger partial charge in [0.15, 0.2) is 5.13 Å². The molecular weight excluding hydrogens is 244 g/mol. The number of anilines is 2. The third-order valence-corrected chi connectivity index (χ3v) is 3.27. The maximum atomic E-state index is 11.9. The lowest BCUT2D eigenvalue weighted by Gasteiger charge is -2.25. The van der Waals surface area contributed by atoms with E-state index in [0.29, 0.717) is 5.13 Å². The van der Waals surface area contributed by atoms with Crippen molar-refractivity contribution in [1.29, 1.82) is 0 Å². The van der Waals surface area contributed by atoms with Gasteiger partial charge in [-0.05, 0) is 6.92 Å². The normalized spacial score (nSPS) is 11.3. The molecule has 0 bridgehead atoms. The summed E-state index contributed by atoms with van der Waals surface area (Å²) in [6, 6.07) is 0. The fraction of sp³-hybridized carbons (Fsp3) is 0.556. The summed E-state index contributed by atoms with van der Waals surface area (Å²) in [5.41, 5.74) is 4.52. The molecule has 96 valence electrons. The van der Waals surface area contributed by atoms with E-state index in [1.807, 2.05) is 0 Å². The molecule has 0 fully saturated rings. The van der Waals surface area contributed by atoms with Crippen molar-refractivity contribution in [2.24, 2.45) is 0 Å². The fourth-order valence-electron chi connectivity index (χ4n) is 1.06. The van der Waals surface area contributed by atoms with Crippen molar-refractivity contribution in [2.75, 3.05) is 31.3 Å². The molecule has 0 spiro atoms. The number of carbonyl (C=O) groups is 1. The quantitative estimate of drug-likeness (QED) is 0.474. The summed E-state index contributed by atoms with van der Waals surface area (Å²) in [6.45, 7) is 0.792. The van der Waals surface area contributed by atoms with Gasteiger partial charge in [0.2, 0.25) is 0 Å². The van der Waals surface area contributed by atoms with Crippen molar-refractivity contribution in [3.05, 3.63) is 4.88 Å². The van der Waals surface area contributed by atoms with Crippen LogP contribution >= 0.6 is 11.3 Å². The van der Waals surface area contributed by atoms with E-state index in [-0.39, 0.29) is 23.9 Å². The van der Waals surface area contributed by atoms with Gasteiger partial charge in [-0.3, -0.25) is 4.79 Å². The number of nitrogen functional groups attached to an aromatic ring is 1. The molecule has 1 aromatic rings. The highest BCUT2D eigenvalue weighted by Crippen LogP contribution is 2.24. The van der Waals surface area contributed by atoms with E-state index in [9.17, 15) is 4.79 Å². The predicted octanol–water partition coefficient (Wildman–Crippen LogP) is -0.760. The molecule has 8 heteroatoms. The zero-order chi connectivity index (χ0) is 13.1. The molecule has 0 aliphatic carbocycles. The minimum Gasteiger partial charge on any atom is -0.394 e. The number of nitrogens with one attached hydrogen (secondary N) is 2. The molecule has 0 radical (unpaired) electrons. The van der Waals surface area contributed by atoms with Crippen molar-refractivity contribution in [2.45, 2.75) is 12.5 Å². The SMILES string of the molecule is CNc1nc(N)c(C(=O)NC(C)(CO)CO)s1. The van der Waals surface area contributed by atoms with Crippen LogP contribution in [0.5, 0.6) is 0 Å². The smallest absolute Gasteiger partial charge is 0.265 e. The summed E-state index contributed by atoms with van der Waals surface area (Å²) in [4.78, 5) is 16.0. The number of aliphatic hydroxyl groups excluding tert-OH is 2. The second kappa shape index (κ2) is 5.30. The molecule has 0 aliphatic heterocycles. The zero-order valence-corrected chi connectivity index (χ0v) is 10.5. The number of hydrogen-bond donors (Lipinski definition) is 5. The Bertz CT molecular complexity index is 403. The topological polar surface area (TPSA) is 120 Å². The number of carbonyl (C=O) groups excluding carboxylic acids is 1. The zero-order valence-electron chi connectivity index (χ0n) is 9.65. The number of rotatable bonds is 5. The van der Waals surface area contributed by atoms with Crippen molar-refractivity contribution in [3.63, 3.8) is 0 Å².